The fraction of sp³-hybridized carbons (Fsp3) is 0.500. The average molecular weight is 333 g/mol. The predicted molar refractivity (Wildman–Crippen MR) is 86.3 cm³/mol. The molecule has 1 rings (SSSR count). The maximum Gasteiger partial charge on any atom is 0.243 e. The fourth-order valence-corrected chi connectivity index (χ4v) is 3.40. The predicted octanol–water partition coefficient (Wildman–Crippen LogP) is 2.33. The first-order valence-electron chi connectivity index (χ1n) is 6.60. The molecule has 1 amide bonds. The summed E-state index contributed by atoms with van der Waals surface area (Å²) in [6.45, 7) is 6.97. The average Bonchev–Trinajstić information content (AvgIpc) is 2.31. The largest absolute Gasteiger partial charge is 0.352 e. The first-order chi connectivity index (χ1) is 9.54. The Morgan fingerprint density at radius 1 is 1.29 bits per heavy atom. The van der Waals surface area contributed by atoms with Crippen LogP contribution in [0.25, 0.3) is 0 Å². The van der Waals surface area contributed by atoms with Crippen LogP contribution < -0.4 is 9.62 Å². The van der Waals surface area contributed by atoms with Crippen molar-refractivity contribution in [2.75, 3.05) is 10.6 Å². The molecule has 0 radical (unpaired) electrons. The topological polar surface area (TPSA) is 66.5 Å². The number of hydrogen-bond donors (Lipinski definition) is 1. The number of hydrogen-bond acceptors (Lipinski definition) is 3. The molecule has 0 aromatic heterocycles. The van der Waals surface area contributed by atoms with Crippen molar-refractivity contribution in [3.63, 3.8) is 0 Å². The van der Waals surface area contributed by atoms with Gasteiger partial charge in [-0.05, 0) is 45.4 Å². The van der Waals surface area contributed by atoms with Crippen molar-refractivity contribution in [3.05, 3.63) is 28.8 Å². The second-order valence-electron chi connectivity index (χ2n) is 5.33. The Kier molecular flexibility index (Phi) is 5.64. The molecule has 0 aliphatic carbocycles. The summed E-state index contributed by atoms with van der Waals surface area (Å²) in [5.41, 5.74) is 1.14. The summed E-state index contributed by atoms with van der Waals surface area (Å²) in [5, 5.41) is 3.14. The lowest BCUT2D eigenvalue weighted by Crippen LogP contribution is -2.49. The molecule has 1 aromatic rings. The van der Waals surface area contributed by atoms with Gasteiger partial charge in [-0.15, -0.1) is 0 Å². The van der Waals surface area contributed by atoms with Crippen molar-refractivity contribution in [3.8, 4) is 0 Å². The van der Waals surface area contributed by atoms with E-state index < -0.39 is 16.1 Å². The van der Waals surface area contributed by atoms with Crippen LogP contribution in [0.2, 0.25) is 5.02 Å². The zero-order chi connectivity index (χ0) is 16.4. The number of amides is 1. The van der Waals surface area contributed by atoms with E-state index in [2.05, 4.69) is 5.32 Å². The number of anilines is 1. The molecule has 21 heavy (non-hydrogen) atoms. The van der Waals surface area contributed by atoms with Crippen LogP contribution in [0.15, 0.2) is 18.2 Å². The van der Waals surface area contributed by atoms with Crippen LogP contribution in [-0.4, -0.2) is 32.7 Å². The molecule has 0 aliphatic heterocycles. The van der Waals surface area contributed by atoms with Gasteiger partial charge in [0.25, 0.3) is 0 Å². The van der Waals surface area contributed by atoms with Crippen molar-refractivity contribution >= 4 is 33.2 Å². The van der Waals surface area contributed by atoms with Gasteiger partial charge in [0.15, 0.2) is 0 Å². The normalized spacial score (nSPS) is 13.1. The number of nitrogens with one attached hydrogen (secondary N) is 1. The lowest BCUT2D eigenvalue weighted by molar-refractivity contribution is -0.122. The third kappa shape index (κ3) is 4.61. The van der Waals surface area contributed by atoms with Gasteiger partial charge in [0.05, 0.1) is 11.9 Å². The third-order valence-corrected chi connectivity index (χ3v) is 4.39. The van der Waals surface area contributed by atoms with E-state index in [1.54, 1.807) is 32.0 Å². The van der Waals surface area contributed by atoms with E-state index in [1.807, 2.05) is 13.8 Å². The van der Waals surface area contributed by atoms with Gasteiger partial charge in [-0.25, -0.2) is 8.42 Å². The molecule has 1 N–H and O–H groups in total. The van der Waals surface area contributed by atoms with Crippen LogP contribution in [0.4, 0.5) is 5.69 Å². The van der Waals surface area contributed by atoms with E-state index >= 15 is 0 Å². The molecule has 0 heterocycles. The van der Waals surface area contributed by atoms with Crippen LogP contribution in [0, 0.1) is 6.92 Å². The first-order valence-corrected chi connectivity index (χ1v) is 8.82. The molecule has 5 nitrogen and oxygen atoms in total. The molecule has 0 saturated heterocycles. The molecule has 0 saturated carbocycles. The van der Waals surface area contributed by atoms with Gasteiger partial charge in [0.1, 0.15) is 6.04 Å². The molecule has 0 aliphatic rings. The molecule has 0 fully saturated rings. The minimum Gasteiger partial charge on any atom is -0.352 e. The molecule has 0 bridgehead atoms. The lowest BCUT2D eigenvalue weighted by Gasteiger charge is -2.30. The zero-order valence-electron chi connectivity index (χ0n) is 12.8. The number of halogens is 1. The summed E-state index contributed by atoms with van der Waals surface area (Å²) >= 11 is 5.96. The molecule has 0 unspecified atom stereocenters. The van der Waals surface area contributed by atoms with Crippen LogP contribution in [0.3, 0.4) is 0 Å². The number of aryl methyl sites for hydroxylation is 1. The monoisotopic (exact) mass is 332 g/mol. The van der Waals surface area contributed by atoms with Crippen molar-refractivity contribution < 1.29 is 13.2 Å². The van der Waals surface area contributed by atoms with Crippen molar-refractivity contribution in [2.24, 2.45) is 0 Å². The highest BCUT2D eigenvalue weighted by Gasteiger charge is 2.30. The molecular weight excluding hydrogens is 312 g/mol. The van der Waals surface area contributed by atoms with Gasteiger partial charge in [0, 0.05) is 11.1 Å². The third-order valence-electron chi connectivity index (χ3n) is 2.93. The van der Waals surface area contributed by atoms with Gasteiger partial charge >= 0.3 is 0 Å². The fourth-order valence-electron chi connectivity index (χ4n) is 2.01. The maximum absolute atomic E-state index is 12.2. The van der Waals surface area contributed by atoms with E-state index in [4.69, 9.17) is 11.6 Å². The Hall–Kier alpha value is -1.27. The molecule has 1 aromatic carbocycles. The summed E-state index contributed by atoms with van der Waals surface area (Å²) in [7, 11) is -3.62. The van der Waals surface area contributed by atoms with Crippen LogP contribution in [0.1, 0.15) is 26.3 Å². The van der Waals surface area contributed by atoms with Crippen molar-refractivity contribution in [2.45, 2.75) is 39.8 Å². The summed E-state index contributed by atoms with van der Waals surface area (Å²) < 4.78 is 25.4. The SMILES string of the molecule is Cc1ccc(Cl)cc1N([C@@H](C)C(=O)NC(C)C)S(C)(=O)=O. The standard InChI is InChI=1S/C14H21ClN2O3S/c1-9(2)16-14(18)11(4)17(21(5,19)20)13-8-12(15)7-6-10(13)3/h6-9,11H,1-5H3,(H,16,18)/t11-/m0/s1. The second-order valence-corrected chi connectivity index (χ2v) is 7.62. The van der Waals surface area contributed by atoms with Crippen molar-refractivity contribution in [1.29, 1.82) is 0 Å². The smallest absolute Gasteiger partial charge is 0.243 e. The van der Waals surface area contributed by atoms with Gasteiger partial charge in [-0.2, -0.15) is 0 Å². The van der Waals surface area contributed by atoms with E-state index in [-0.39, 0.29) is 11.9 Å². The lowest BCUT2D eigenvalue weighted by atomic mass is 10.1. The zero-order valence-corrected chi connectivity index (χ0v) is 14.4. The summed E-state index contributed by atoms with van der Waals surface area (Å²) in [6.07, 6.45) is 1.08. The van der Waals surface area contributed by atoms with E-state index in [0.717, 1.165) is 16.1 Å². The van der Waals surface area contributed by atoms with Crippen LogP contribution in [0.5, 0.6) is 0 Å². The number of sulfonamides is 1. The van der Waals surface area contributed by atoms with E-state index in [9.17, 15) is 13.2 Å². The Morgan fingerprint density at radius 3 is 2.33 bits per heavy atom. The van der Waals surface area contributed by atoms with Gasteiger partial charge in [-0.1, -0.05) is 17.7 Å². The number of carbonyl (C=O) groups excluding carboxylic acids is 1. The summed E-state index contributed by atoms with van der Waals surface area (Å²) in [5.74, 6) is -0.352. The highest BCUT2D eigenvalue weighted by molar-refractivity contribution is 7.92. The van der Waals surface area contributed by atoms with Crippen LogP contribution >= 0.6 is 11.6 Å². The molecule has 7 heteroatoms. The second kappa shape index (κ2) is 6.66. The number of benzene rings is 1. The summed E-state index contributed by atoms with van der Waals surface area (Å²) in [6, 6.07) is 4.03. The Labute approximate surface area is 131 Å². The molecule has 1 atom stereocenters. The first kappa shape index (κ1) is 17.8. The van der Waals surface area contributed by atoms with Crippen LogP contribution in [-0.2, 0) is 14.8 Å². The van der Waals surface area contributed by atoms with Crippen molar-refractivity contribution in [1.82, 2.24) is 5.32 Å². The Bertz CT molecular complexity index is 629. The van der Waals surface area contributed by atoms with Gasteiger partial charge in [0.2, 0.25) is 15.9 Å². The highest BCUT2D eigenvalue weighted by atomic mass is 35.5. The molecular formula is C14H21ClN2O3S. The number of rotatable bonds is 5. The molecule has 0 spiro atoms. The van der Waals surface area contributed by atoms with Gasteiger partial charge in [-0.3, -0.25) is 9.10 Å². The van der Waals surface area contributed by atoms with Gasteiger partial charge < -0.3 is 5.32 Å². The minimum absolute atomic E-state index is 0.0678. The number of nitrogens with zero attached hydrogens (tertiary/aromatic N) is 1. The maximum atomic E-state index is 12.2. The number of carbonyl (C=O) groups is 1. The van der Waals surface area contributed by atoms with E-state index in [1.165, 1.54) is 0 Å². The van der Waals surface area contributed by atoms with E-state index in [0.29, 0.717) is 10.7 Å². The Balaban J connectivity index is 3.31. The summed E-state index contributed by atoms with van der Waals surface area (Å²) in [4.78, 5) is 12.2. The quantitative estimate of drug-likeness (QED) is 0.900. The minimum atomic E-state index is -3.62. The molecule has 118 valence electrons. The Morgan fingerprint density at radius 2 is 1.86 bits per heavy atom. The highest BCUT2D eigenvalue weighted by Crippen LogP contribution is 2.28.